The molecule has 26 heavy (non-hydrogen) atoms. The largest absolute Gasteiger partial charge is 0.345 e. The number of benzene rings is 2. The monoisotopic (exact) mass is 353 g/mol. The van der Waals surface area contributed by atoms with Crippen LogP contribution in [0, 0.1) is 0 Å². The first-order chi connectivity index (χ1) is 12.3. The number of rotatable bonds is 6. The van der Waals surface area contributed by atoms with Crippen molar-refractivity contribution in [2.75, 3.05) is 20.6 Å². The van der Waals surface area contributed by atoms with Gasteiger partial charge in [0.25, 0.3) is 5.91 Å². The van der Waals surface area contributed by atoms with E-state index in [0.29, 0.717) is 18.7 Å². The normalized spacial score (nSPS) is 13.0. The molecule has 0 aromatic heterocycles. The Kier molecular flexibility index (Phi) is 6.16. The van der Waals surface area contributed by atoms with E-state index in [0.717, 1.165) is 11.1 Å². The molecule has 0 heterocycles. The SMILES string of the molecule is CCN(Cc1ccc(C(=O)N(C)C)cc1)C(=O)C(C)(N)c1ccccc1. The van der Waals surface area contributed by atoms with Gasteiger partial charge in [-0.15, -0.1) is 0 Å². The molecule has 0 fully saturated rings. The van der Waals surface area contributed by atoms with Crippen LogP contribution in [-0.4, -0.2) is 42.3 Å². The van der Waals surface area contributed by atoms with Crippen LogP contribution in [0.15, 0.2) is 54.6 Å². The standard InChI is InChI=1S/C21H27N3O2/c1-5-24(20(26)21(2,22)18-9-7-6-8-10-18)15-16-11-13-17(14-12-16)19(25)23(3)4/h6-14H,5,15,22H2,1-4H3. The molecule has 5 heteroatoms. The molecule has 2 N–H and O–H groups in total. The lowest BCUT2D eigenvalue weighted by Crippen LogP contribution is -2.50. The fourth-order valence-electron chi connectivity index (χ4n) is 2.79. The summed E-state index contributed by atoms with van der Waals surface area (Å²) in [4.78, 5) is 28.3. The van der Waals surface area contributed by atoms with Crippen LogP contribution < -0.4 is 5.73 Å². The Morgan fingerprint density at radius 3 is 2.08 bits per heavy atom. The molecule has 0 aliphatic heterocycles. The van der Waals surface area contributed by atoms with Gasteiger partial charge in [-0.3, -0.25) is 9.59 Å². The molecule has 2 amide bonds. The maximum atomic E-state index is 13.0. The van der Waals surface area contributed by atoms with Crippen molar-refractivity contribution in [3.63, 3.8) is 0 Å². The van der Waals surface area contributed by atoms with Crippen molar-refractivity contribution in [3.05, 3.63) is 71.3 Å². The topological polar surface area (TPSA) is 66.6 Å². The molecule has 2 aromatic carbocycles. The lowest BCUT2D eigenvalue weighted by molar-refractivity contribution is -0.137. The molecule has 1 unspecified atom stereocenters. The fourth-order valence-corrected chi connectivity index (χ4v) is 2.79. The van der Waals surface area contributed by atoms with E-state index >= 15 is 0 Å². The lowest BCUT2D eigenvalue weighted by atomic mass is 9.91. The van der Waals surface area contributed by atoms with Gasteiger partial charge in [0.05, 0.1) is 0 Å². The maximum Gasteiger partial charge on any atom is 0.253 e. The number of hydrogen-bond acceptors (Lipinski definition) is 3. The quantitative estimate of drug-likeness (QED) is 0.868. The van der Waals surface area contributed by atoms with Gasteiger partial charge in [0, 0.05) is 32.7 Å². The Bertz CT molecular complexity index is 753. The first kappa shape index (κ1) is 19.7. The van der Waals surface area contributed by atoms with Crippen LogP contribution in [0.3, 0.4) is 0 Å². The predicted molar refractivity (Wildman–Crippen MR) is 104 cm³/mol. The zero-order chi connectivity index (χ0) is 19.3. The summed E-state index contributed by atoms with van der Waals surface area (Å²) in [5.41, 5.74) is 7.65. The first-order valence-corrected chi connectivity index (χ1v) is 8.71. The van der Waals surface area contributed by atoms with E-state index in [1.807, 2.05) is 49.4 Å². The molecule has 0 radical (unpaired) electrons. The molecule has 0 bridgehead atoms. The fraction of sp³-hybridized carbons (Fsp3) is 0.333. The molecule has 0 spiro atoms. The van der Waals surface area contributed by atoms with E-state index < -0.39 is 5.54 Å². The van der Waals surface area contributed by atoms with E-state index in [9.17, 15) is 9.59 Å². The molecule has 0 aliphatic carbocycles. The van der Waals surface area contributed by atoms with Gasteiger partial charge in [0.1, 0.15) is 5.54 Å². The van der Waals surface area contributed by atoms with Gasteiger partial charge >= 0.3 is 0 Å². The molecule has 5 nitrogen and oxygen atoms in total. The number of carbonyl (C=O) groups is 2. The highest BCUT2D eigenvalue weighted by atomic mass is 16.2. The van der Waals surface area contributed by atoms with Gasteiger partial charge < -0.3 is 15.5 Å². The van der Waals surface area contributed by atoms with Gasteiger partial charge in [-0.1, -0.05) is 42.5 Å². The van der Waals surface area contributed by atoms with Gasteiger partial charge in [-0.2, -0.15) is 0 Å². The summed E-state index contributed by atoms with van der Waals surface area (Å²) in [6.07, 6.45) is 0. The highest BCUT2D eigenvalue weighted by Crippen LogP contribution is 2.21. The molecule has 0 saturated carbocycles. The minimum Gasteiger partial charge on any atom is -0.345 e. The summed E-state index contributed by atoms with van der Waals surface area (Å²) in [6.45, 7) is 4.68. The summed E-state index contributed by atoms with van der Waals surface area (Å²) in [7, 11) is 3.44. The number of nitrogens with two attached hydrogens (primary N) is 1. The van der Waals surface area contributed by atoms with Crippen molar-refractivity contribution in [1.29, 1.82) is 0 Å². The van der Waals surface area contributed by atoms with Crippen LogP contribution >= 0.6 is 0 Å². The van der Waals surface area contributed by atoms with Crippen molar-refractivity contribution in [1.82, 2.24) is 9.80 Å². The minimum atomic E-state index is -1.09. The van der Waals surface area contributed by atoms with E-state index in [1.165, 1.54) is 4.90 Å². The minimum absolute atomic E-state index is 0.0430. The average molecular weight is 353 g/mol. The number of hydrogen-bond donors (Lipinski definition) is 1. The summed E-state index contributed by atoms with van der Waals surface area (Å²) in [6, 6.07) is 16.7. The maximum absolute atomic E-state index is 13.0. The summed E-state index contributed by atoms with van der Waals surface area (Å²) < 4.78 is 0. The smallest absolute Gasteiger partial charge is 0.253 e. The van der Waals surface area contributed by atoms with Gasteiger partial charge in [-0.05, 0) is 37.1 Å². The molecule has 2 rings (SSSR count). The van der Waals surface area contributed by atoms with Crippen LogP contribution in [0.4, 0.5) is 0 Å². The molecule has 138 valence electrons. The summed E-state index contributed by atoms with van der Waals surface area (Å²) in [5.74, 6) is -0.168. The molecular weight excluding hydrogens is 326 g/mol. The highest BCUT2D eigenvalue weighted by Gasteiger charge is 2.33. The predicted octanol–water partition coefficient (Wildman–Crippen LogP) is 2.61. The zero-order valence-corrected chi connectivity index (χ0v) is 15.9. The second-order valence-corrected chi connectivity index (χ2v) is 6.78. The third-order valence-corrected chi connectivity index (χ3v) is 4.47. The van der Waals surface area contributed by atoms with Crippen LogP contribution in [0.1, 0.15) is 35.3 Å². The Balaban J connectivity index is 2.16. The first-order valence-electron chi connectivity index (χ1n) is 8.71. The number of likely N-dealkylation sites (N-methyl/N-ethyl adjacent to an activating group) is 1. The zero-order valence-electron chi connectivity index (χ0n) is 15.9. The molecule has 1 atom stereocenters. The van der Waals surface area contributed by atoms with E-state index in [2.05, 4.69) is 0 Å². The average Bonchev–Trinajstić information content (AvgIpc) is 2.66. The molecule has 0 saturated heterocycles. The molecule has 2 aromatic rings. The van der Waals surface area contributed by atoms with Gasteiger partial charge in [-0.25, -0.2) is 0 Å². The summed E-state index contributed by atoms with van der Waals surface area (Å²) in [5, 5.41) is 0. The second kappa shape index (κ2) is 8.15. The van der Waals surface area contributed by atoms with Crippen LogP contribution in [0.5, 0.6) is 0 Å². The van der Waals surface area contributed by atoms with Crippen molar-refractivity contribution < 1.29 is 9.59 Å². The van der Waals surface area contributed by atoms with E-state index in [1.54, 1.807) is 38.1 Å². The Morgan fingerprint density at radius 2 is 1.58 bits per heavy atom. The third kappa shape index (κ3) is 4.29. The molecular formula is C21H27N3O2. The lowest BCUT2D eigenvalue weighted by Gasteiger charge is -2.31. The van der Waals surface area contributed by atoms with Crippen LogP contribution in [0.2, 0.25) is 0 Å². The van der Waals surface area contributed by atoms with Crippen molar-refractivity contribution >= 4 is 11.8 Å². The van der Waals surface area contributed by atoms with Crippen LogP contribution in [0.25, 0.3) is 0 Å². The van der Waals surface area contributed by atoms with Crippen LogP contribution in [-0.2, 0) is 16.9 Å². The van der Waals surface area contributed by atoms with Gasteiger partial charge in [0.15, 0.2) is 0 Å². The number of amides is 2. The second-order valence-electron chi connectivity index (χ2n) is 6.78. The number of carbonyl (C=O) groups excluding carboxylic acids is 2. The third-order valence-electron chi connectivity index (χ3n) is 4.47. The highest BCUT2D eigenvalue weighted by molar-refractivity contribution is 5.93. The van der Waals surface area contributed by atoms with Crippen molar-refractivity contribution in [2.24, 2.45) is 5.73 Å². The molecule has 0 aliphatic rings. The number of nitrogens with zero attached hydrogens (tertiary/aromatic N) is 2. The summed E-state index contributed by atoms with van der Waals surface area (Å²) >= 11 is 0. The van der Waals surface area contributed by atoms with E-state index in [-0.39, 0.29) is 11.8 Å². The Morgan fingerprint density at radius 1 is 1.00 bits per heavy atom. The van der Waals surface area contributed by atoms with Gasteiger partial charge in [0.2, 0.25) is 5.91 Å². The van der Waals surface area contributed by atoms with Crippen molar-refractivity contribution in [3.8, 4) is 0 Å². The Hall–Kier alpha value is -2.66. The van der Waals surface area contributed by atoms with E-state index in [4.69, 9.17) is 5.73 Å². The van der Waals surface area contributed by atoms with Crippen molar-refractivity contribution in [2.45, 2.75) is 25.9 Å². The Labute approximate surface area is 155 Å².